The molecule has 0 rings (SSSR count). The van der Waals surface area contributed by atoms with Crippen molar-refractivity contribution in [1.82, 2.24) is 0 Å². The first kappa shape index (κ1) is 24.1. The van der Waals surface area contributed by atoms with Gasteiger partial charge in [-0.3, -0.25) is 0 Å². The molecule has 0 amide bonds. The molecule has 2 radical (unpaired) electrons. The maximum Gasteiger partial charge on any atom is 3.00 e. The molecule has 0 aromatic carbocycles. The summed E-state index contributed by atoms with van der Waals surface area (Å²) in [6, 6.07) is 0. The molecule has 0 aromatic heterocycles. The second-order valence-corrected chi connectivity index (χ2v) is 0. The first-order valence-electron chi connectivity index (χ1n) is 0. The van der Waals surface area contributed by atoms with Crippen LogP contribution >= 0.6 is 0 Å². The molecule has 0 saturated heterocycles. The van der Waals surface area contributed by atoms with E-state index in [2.05, 4.69) is 0 Å². The van der Waals surface area contributed by atoms with Crippen molar-refractivity contribution in [1.29, 1.82) is 0 Å². The van der Waals surface area contributed by atoms with Gasteiger partial charge in [-0.05, 0) is 0 Å². The molecule has 4 heteroatoms. The predicted molar refractivity (Wildman–Crippen MR) is 0.686 cm³/mol. The summed E-state index contributed by atoms with van der Waals surface area (Å²) < 4.78 is 0. The van der Waals surface area contributed by atoms with Crippen molar-refractivity contribution in [3.05, 3.63) is 0 Å². The van der Waals surface area contributed by atoms with Crippen molar-refractivity contribution < 1.29 is 135 Å². The maximum absolute atomic E-state index is 0. The molecule has 0 unspecified atom stereocenters. The SMILES string of the molecule is [Eu+3].[Gd+3].[O-2].[Sm+3]. The molecule has 0 spiro atoms. The number of hydrogen-bond acceptors (Lipinski definition) is 0. The van der Waals surface area contributed by atoms with Gasteiger partial charge in [0.15, 0.2) is 0 Å². The van der Waals surface area contributed by atoms with Crippen LogP contribution in [0.5, 0.6) is 0 Å². The molecule has 4 heavy (non-hydrogen) atoms. The topological polar surface area (TPSA) is 28.5 Å². The molecule has 0 fully saturated rings. The molecular weight excluding hydrogens is 476 g/mol. The summed E-state index contributed by atoms with van der Waals surface area (Å²) >= 11 is 0. The maximum atomic E-state index is 0. The van der Waals surface area contributed by atoms with Crippen molar-refractivity contribution in [2.45, 2.75) is 0 Å². The van der Waals surface area contributed by atoms with E-state index < -0.39 is 0 Å². The fourth-order valence-corrected chi connectivity index (χ4v) is 0. The Bertz CT molecular complexity index is 8.00. The first-order chi connectivity index (χ1) is 0. The van der Waals surface area contributed by atoms with Gasteiger partial charge in [-0.1, -0.05) is 0 Å². The molecule has 0 N–H and O–H groups in total. The van der Waals surface area contributed by atoms with E-state index in [-0.39, 0.29) is 135 Å². The number of hydrogen-bond donors (Lipinski definition) is 0. The predicted octanol–water partition coefficient (Wildman–Crippen LogP) is -0.119. The minimum absolute atomic E-state index is 0. The van der Waals surface area contributed by atoms with Crippen molar-refractivity contribution in [3.8, 4) is 0 Å². The monoisotopic (exact) mass is 479 g/mol. The van der Waals surface area contributed by atoms with Crippen LogP contribution in [0.2, 0.25) is 0 Å². The van der Waals surface area contributed by atoms with Crippen LogP contribution in [0.25, 0.3) is 0 Å². The summed E-state index contributed by atoms with van der Waals surface area (Å²) in [5.74, 6) is 0. The molecule has 0 atom stereocenters. The van der Waals surface area contributed by atoms with Crippen LogP contribution in [0.1, 0.15) is 0 Å². The summed E-state index contributed by atoms with van der Waals surface area (Å²) in [6.07, 6.45) is 0. The van der Waals surface area contributed by atoms with Gasteiger partial charge in [0.1, 0.15) is 0 Å². The summed E-state index contributed by atoms with van der Waals surface area (Å²) in [5.41, 5.74) is 0. The summed E-state index contributed by atoms with van der Waals surface area (Å²) in [6.45, 7) is 0. The Labute approximate surface area is 131 Å². The van der Waals surface area contributed by atoms with Crippen LogP contribution in [0, 0.1) is 130 Å². The minimum atomic E-state index is 0. The molecule has 0 aliphatic heterocycles. The Hall–Kier alpha value is 4.21. The van der Waals surface area contributed by atoms with E-state index in [1.807, 2.05) is 0 Å². The molecular formula is EuGdOSm+7. The molecule has 0 saturated carbocycles. The zero-order valence-corrected chi connectivity index (χ0v) is 8.86. The molecule has 1 nitrogen and oxygen atoms in total. The van der Waals surface area contributed by atoms with Crippen LogP contribution in [0.15, 0.2) is 0 Å². The molecule has 0 aliphatic carbocycles. The standard InChI is InChI=1S/Eu.Gd.O.Sm/q2*+3;-2;+3. The van der Waals surface area contributed by atoms with E-state index in [0.717, 1.165) is 0 Å². The second kappa shape index (κ2) is 15.7. The first-order valence-corrected chi connectivity index (χ1v) is 0. The summed E-state index contributed by atoms with van der Waals surface area (Å²) in [7, 11) is 0. The molecule has 0 bridgehead atoms. The third-order valence-corrected chi connectivity index (χ3v) is 0. The van der Waals surface area contributed by atoms with Gasteiger partial charge in [0, 0.05) is 0 Å². The van der Waals surface area contributed by atoms with Gasteiger partial charge in [-0.25, -0.2) is 0 Å². The third-order valence-electron chi connectivity index (χ3n) is 0. The van der Waals surface area contributed by atoms with E-state index in [9.17, 15) is 0 Å². The number of rotatable bonds is 0. The average molecular weight is 476 g/mol. The summed E-state index contributed by atoms with van der Waals surface area (Å²) in [5, 5.41) is 0. The van der Waals surface area contributed by atoms with Gasteiger partial charge in [0.05, 0.1) is 0 Å². The molecule has 0 aromatic rings. The van der Waals surface area contributed by atoms with Gasteiger partial charge in [-0.15, -0.1) is 0 Å². The van der Waals surface area contributed by atoms with Crippen LogP contribution in [-0.2, 0) is 5.48 Å². The average Bonchev–Trinajstić information content (AvgIpc) is 0. The smallest absolute Gasteiger partial charge is 2.00 e. The van der Waals surface area contributed by atoms with Crippen LogP contribution in [0.4, 0.5) is 0 Å². The Morgan fingerprint density at radius 3 is 1.00 bits per heavy atom. The van der Waals surface area contributed by atoms with Crippen molar-refractivity contribution in [2.24, 2.45) is 0 Å². The largest absolute Gasteiger partial charge is 3.00 e. The zero-order chi connectivity index (χ0) is 0. The van der Waals surface area contributed by atoms with Gasteiger partial charge >= 0.3 is 130 Å². The fourth-order valence-electron chi connectivity index (χ4n) is 0. The van der Waals surface area contributed by atoms with Crippen molar-refractivity contribution >= 4 is 0 Å². The van der Waals surface area contributed by atoms with Gasteiger partial charge in [-0.2, -0.15) is 0 Å². The quantitative estimate of drug-likeness (QED) is 0.468. The third kappa shape index (κ3) is 9.51. The normalized spacial score (nSPS) is 0. The van der Waals surface area contributed by atoms with Crippen LogP contribution in [-0.4, -0.2) is 0 Å². The van der Waals surface area contributed by atoms with Gasteiger partial charge in [0.2, 0.25) is 0 Å². The Morgan fingerprint density at radius 1 is 1.00 bits per heavy atom. The second-order valence-electron chi connectivity index (χ2n) is 0. The van der Waals surface area contributed by atoms with Crippen molar-refractivity contribution in [3.63, 3.8) is 0 Å². The van der Waals surface area contributed by atoms with E-state index in [1.54, 1.807) is 0 Å². The Kier molecular flexibility index (Phi) is 94.5. The minimum Gasteiger partial charge on any atom is -2.00 e. The van der Waals surface area contributed by atoms with E-state index in [0.29, 0.717) is 0 Å². The molecule has 0 heterocycles. The van der Waals surface area contributed by atoms with E-state index >= 15 is 0 Å². The molecule has 0 aliphatic rings. The summed E-state index contributed by atoms with van der Waals surface area (Å²) in [4.78, 5) is 0. The van der Waals surface area contributed by atoms with E-state index in [1.165, 1.54) is 0 Å². The zero-order valence-electron chi connectivity index (χ0n) is 1.55. The van der Waals surface area contributed by atoms with Gasteiger partial charge < -0.3 is 5.48 Å². The van der Waals surface area contributed by atoms with Gasteiger partial charge in [0.25, 0.3) is 0 Å². The Morgan fingerprint density at radius 2 is 1.00 bits per heavy atom. The van der Waals surface area contributed by atoms with Crippen LogP contribution < -0.4 is 0 Å². The van der Waals surface area contributed by atoms with Crippen molar-refractivity contribution in [2.75, 3.05) is 0 Å². The van der Waals surface area contributed by atoms with E-state index in [4.69, 9.17) is 0 Å². The fraction of sp³-hybridized carbons (Fsp3) is 0. The van der Waals surface area contributed by atoms with Crippen LogP contribution in [0.3, 0.4) is 0 Å². The Balaban J connectivity index is 0. The molecule has 20 valence electrons.